The molecule has 0 saturated heterocycles. The first kappa shape index (κ1) is 15.5. The summed E-state index contributed by atoms with van der Waals surface area (Å²) in [6, 6.07) is 9.78. The third kappa shape index (κ3) is 4.29. The van der Waals surface area contributed by atoms with E-state index in [2.05, 4.69) is 50.6 Å². The van der Waals surface area contributed by atoms with Crippen LogP contribution < -0.4 is 10.6 Å². The van der Waals surface area contributed by atoms with E-state index in [0.29, 0.717) is 18.7 Å². The molecule has 1 aromatic heterocycles. The van der Waals surface area contributed by atoms with E-state index in [1.165, 1.54) is 11.1 Å². The van der Waals surface area contributed by atoms with Crippen molar-refractivity contribution in [1.29, 1.82) is 0 Å². The van der Waals surface area contributed by atoms with Gasteiger partial charge in [0.2, 0.25) is 0 Å². The van der Waals surface area contributed by atoms with E-state index < -0.39 is 0 Å². The summed E-state index contributed by atoms with van der Waals surface area (Å²) < 4.78 is 1.06. The monoisotopic (exact) mass is 347 g/mol. The molecule has 0 fully saturated rings. The second-order valence-corrected chi connectivity index (χ2v) is 5.63. The highest BCUT2D eigenvalue weighted by molar-refractivity contribution is 9.10. The van der Waals surface area contributed by atoms with Gasteiger partial charge in [-0.05, 0) is 49.2 Å². The minimum Gasteiger partial charge on any atom is -0.366 e. The van der Waals surface area contributed by atoms with Crippen molar-refractivity contribution < 1.29 is 4.79 Å². The van der Waals surface area contributed by atoms with Crippen molar-refractivity contribution in [2.75, 3.05) is 11.9 Å². The van der Waals surface area contributed by atoms with Gasteiger partial charge in [0.25, 0.3) is 5.91 Å². The van der Waals surface area contributed by atoms with Crippen molar-refractivity contribution in [1.82, 2.24) is 10.3 Å². The maximum absolute atomic E-state index is 11.6. The van der Waals surface area contributed by atoms with Crippen LogP contribution in [0.4, 0.5) is 5.82 Å². The van der Waals surface area contributed by atoms with Gasteiger partial charge in [0.05, 0.1) is 5.56 Å². The molecule has 21 heavy (non-hydrogen) atoms. The Kier molecular flexibility index (Phi) is 5.33. The van der Waals surface area contributed by atoms with E-state index in [4.69, 9.17) is 0 Å². The standard InChI is InChI=1S/C16H18BrN3O/c1-3-18-16(21)12-5-7-15(19-9-12)20-10-13-8-14(17)6-4-11(13)2/h4-9H,3,10H2,1-2H3,(H,18,21)(H,19,20). The third-order valence-corrected chi connectivity index (χ3v) is 3.63. The van der Waals surface area contributed by atoms with Crippen molar-refractivity contribution in [3.63, 3.8) is 0 Å². The zero-order valence-electron chi connectivity index (χ0n) is 12.1. The first-order chi connectivity index (χ1) is 10.1. The van der Waals surface area contributed by atoms with Gasteiger partial charge in [-0.15, -0.1) is 0 Å². The van der Waals surface area contributed by atoms with E-state index in [1.54, 1.807) is 12.3 Å². The molecule has 2 aromatic rings. The number of hydrogen-bond donors (Lipinski definition) is 2. The molecule has 0 unspecified atom stereocenters. The van der Waals surface area contributed by atoms with E-state index >= 15 is 0 Å². The smallest absolute Gasteiger partial charge is 0.252 e. The van der Waals surface area contributed by atoms with E-state index in [0.717, 1.165) is 10.3 Å². The van der Waals surface area contributed by atoms with E-state index in [1.807, 2.05) is 19.1 Å². The molecule has 1 aromatic carbocycles. The fraction of sp³-hybridized carbons (Fsp3) is 0.250. The summed E-state index contributed by atoms with van der Waals surface area (Å²) in [5, 5.41) is 6.01. The number of aryl methyl sites for hydroxylation is 1. The zero-order chi connectivity index (χ0) is 15.2. The van der Waals surface area contributed by atoms with Gasteiger partial charge in [-0.2, -0.15) is 0 Å². The Morgan fingerprint density at radius 1 is 1.29 bits per heavy atom. The minimum absolute atomic E-state index is 0.0978. The summed E-state index contributed by atoms with van der Waals surface area (Å²) in [6.07, 6.45) is 1.58. The number of pyridine rings is 1. The van der Waals surface area contributed by atoms with Crippen molar-refractivity contribution in [3.8, 4) is 0 Å². The fourth-order valence-corrected chi connectivity index (χ4v) is 2.32. The Balaban J connectivity index is 2.00. The molecule has 1 heterocycles. The molecule has 0 aliphatic rings. The van der Waals surface area contributed by atoms with Crippen molar-refractivity contribution in [2.24, 2.45) is 0 Å². The topological polar surface area (TPSA) is 54.0 Å². The molecule has 2 rings (SSSR count). The van der Waals surface area contributed by atoms with Gasteiger partial charge in [-0.25, -0.2) is 4.98 Å². The first-order valence-corrected chi connectivity index (χ1v) is 7.62. The highest BCUT2D eigenvalue weighted by Gasteiger charge is 2.05. The maximum Gasteiger partial charge on any atom is 0.252 e. The van der Waals surface area contributed by atoms with Crippen LogP contribution in [0.15, 0.2) is 41.0 Å². The van der Waals surface area contributed by atoms with Gasteiger partial charge >= 0.3 is 0 Å². The Morgan fingerprint density at radius 3 is 2.76 bits per heavy atom. The predicted octanol–water partition coefficient (Wildman–Crippen LogP) is 3.51. The Morgan fingerprint density at radius 2 is 2.10 bits per heavy atom. The highest BCUT2D eigenvalue weighted by atomic mass is 79.9. The van der Waals surface area contributed by atoms with Gasteiger partial charge < -0.3 is 10.6 Å². The van der Waals surface area contributed by atoms with Gasteiger partial charge in [-0.1, -0.05) is 22.0 Å². The number of nitrogens with zero attached hydrogens (tertiary/aromatic N) is 1. The second kappa shape index (κ2) is 7.22. The van der Waals surface area contributed by atoms with Crippen molar-refractivity contribution >= 4 is 27.7 Å². The first-order valence-electron chi connectivity index (χ1n) is 6.83. The number of amides is 1. The summed E-state index contributed by atoms with van der Waals surface area (Å²) in [6.45, 7) is 5.27. The number of benzene rings is 1. The molecule has 0 saturated carbocycles. The fourth-order valence-electron chi connectivity index (χ4n) is 1.91. The number of carbonyl (C=O) groups excluding carboxylic acids is 1. The normalized spacial score (nSPS) is 10.2. The lowest BCUT2D eigenvalue weighted by Crippen LogP contribution is -2.22. The number of carbonyl (C=O) groups is 1. The molecule has 2 N–H and O–H groups in total. The number of aromatic nitrogens is 1. The number of hydrogen-bond acceptors (Lipinski definition) is 3. The lowest BCUT2D eigenvalue weighted by Gasteiger charge is -2.09. The number of rotatable bonds is 5. The van der Waals surface area contributed by atoms with Gasteiger partial charge in [-0.3, -0.25) is 4.79 Å². The molecule has 110 valence electrons. The molecule has 0 aliphatic heterocycles. The summed E-state index contributed by atoms with van der Waals surface area (Å²) in [7, 11) is 0. The largest absolute Gasteiger partial charge is 0.366 e. The van der Waals surface area contributed by atoms with Crippen LogP contribution in [0.2, 0.25) is 0 Å². The number of anilines is 1. The highest BCUT2D eigenvalue weighted by Crippen LogP contribution is 2.17. The maximum atomic E-state index is 11.6. The Bertz CT molecular complexity index is 626. The van der Waals surface area contributed by atoms with E-state index in [9.17, 15) is 4.79 Å². The van der Waals surface area contributed by atoms with Gasteiger partial charge in [0.1, 0.15) is 5.82 Å². The van der Waals surface area contributed by atoms with Crippen LogP contribution in [-0.4, -0.2) is 17.4 Å². The molecule has 0 atom stereocenters. The van der Waals surface area contributed by atoms with Crippen LogP contribution >= 0.6 is 15.9 Å². The molecular weight excluding hydrogens is 330 g/mol. The lowest BCUT2D eigenvalue weighted by atomic mass is 10.1. The minimum atomic E-state index is -0.0978. The molecule has 0 bridgehead atoms. The summed E-state index contributed by atoms with van der Waals surface area (Å²) in [4.78, 5) is 15.9. The van der Waals surface area contributed by atoms with Crippen LogP contribution in [0.25, 0.3) is 0 Å². The molecular formula is C16H18BrN3O. The molecule has 0 radical (unpaired) electrons. The number of nitrogens with one attached hydrogen (secondary N) is 2. The summed E-state index contributed by atoms with van der Waals surface area (Å²) in [5.74, 6) is 0.654. The Hall–Kier alpha value is -1.88. The molecule has 1 amide bonds. The Labute approximate surface area is 133 Å². The van der Waals surface area contributed by atoms with Crippen LogP contribution in [0.5, 0.6) is 0 Å². The number of halogens is 1. The van der Waals surface area contributed by atoms with Gasteiger partial charge in [0.15, 0.2) is 0 Å². The zero-order valence-corrected chi connectivity index (χ0v) is 13.7. The average Bonchev–Trinajstić information content (AvgIpc) is 2.49. The van der Waals surface area contributed by atoms with Crippen LogP contribution in [0.1, 0.15) is 28.4 Å². The molecule has 4 nitrogen and oxygen atoms in total. The predicted molar refractivity (Wildman–Crippen MR) is 88.4 cm³/mol. The van der Waals surface area contributed by atoms with Crippen molar-refractivity contribution in [2.45, 2.75) is 20.4 Å². The molecule has 5 heteroatoms. The summed E-state index contributed by atoms with van der Waals surface area (Å²) in [5.41, 5.74) is 3.00. The SMILES string of the molecule is CCNC(=O)c1ccc(NCc2cc(Br)ccc2C)nc1. The van der Waals surface area contributed by atoms with E-state index in [-0.39, 0.29) is 5.91 Å². The lowest BCUT2D eigenvalue weighted by molar-refractivity contribution is 0.0955. The van der Waals surface area contributed by atoms with Crippen LogP contribution in [-0.2, 0) is 6.54 Å². The quantitative estimate of drug-likeness (QED) is 0.869. The van der Waals surface area contributed by atoms with Crippen molar-refractivity contribution in [3.05, 3.63) is 57.7 Å². The van der Waals surface area contributed by atoms with Gasteiger partial charge in [0, 0.05) is 23.8 Å². The molecule has 0 spiro atoms. The second-order valence-electron chi connectivity index (χ2n) is 4.72. The third-order valence-electron chi connectivity index (χ3n) is 3.13. The summed E-state index contributed by atoms with van der Waals surface area (Å²) >= 11 is 3.47. The van der Waals surface area contributed by atoms with Crippen LogP contribution in [0.3, 0.4) is 0 Å². The van der Waals surface area contributed by atoms with Crippen LogP contribution in [0, 0.1) is 6.92 Å². The average molecular weight is 348 g/mol. The molecule has 0 aliphatic carbocycles.